The maximum atomic E-state index is 11.3. The zero-order valence-electron chi connectivity index (χ0n) is 20.0. The Morgan fingerprint density at radius 1 is 1.00 bits per heavy atom. The molecule has 1 fully saturated rings. The average molecular weight is 506 g/mol. The number of piperazine rings is 1. The Balaban J connectivity index is 0.00000324. The Morgan fingerprint density at radius 2 is 1.65 bits per heavy atom. The van der Waals surface area contributed by atoms with Gasteiger partial charge in [-0.1, -0.05) is 24.3 Å². The summed E-state index contributed by atoms with van der Waals surface area (Å²) in [4.78, 5) is 14.0. The predicted octanol–water partition coefficient (Wildman–Crippen LogP) is 2.29. The van der Waals surface area contributed by atoms with Crippen LogP contribution in [0.2, 0.25) is 0 Å². The van der Waals surface area contributed by atoms with Crippen molar-refractivity contribution in [1.29, 1.82) is 0 Å². The van der Waals surface area contributed by atoms with Gasteiger partial charge in [0.1, 0.15) is 5.69 Å². The molecular weight excluding hydrogens is 474 g/mol. The highest BCUT2D eigenvalue weighted by molar-refractivity contribution is 7.88. The summed E-state index contributed by atoms with van der Waals surface area (Å²) in [7, 11) is -1.23. The number of sulfonamides is 1. The van der Waals surface area contributed by atoms with Gasteiger partial charge in [0.05, 0.1) is 11.9 Å². The van der Waals surface area contributed by atoms with E-state index in [0.717, 1.165) is 67.3 Å². The van der Waals surface area contributed by atoms with Gasteiger partial charge in [-0.25, -0.2) is 18.1 Å². The number of nitrogens with one attached hydrogen (secondary N) is 1. The number of aryl methyl sites for hydroxylation is 2. The summed E-state index contributed by atoms with van der Waals surface area (Å²) in [6.07, 6.45) is 4.60. The average Bonchev–Trinajstić information content (AvgIpc) is 3.04. The molecule has 0 saturated carbocycles. The summed E-state index contributed by atoms with van der Waals surface area (Å²) in [5.74, 6) is 0.882. The minimum Gasteiger partial charge on any atom is -0.352 e. The summed E-state index contributed by atoms with van der Waals surface area (Å²) in [6.45, 7) is 9.02. The third-order valence-corrected chi connectivity index (χ3v) is 6.83. The summed E-state index contributed by atoms with van der Waals surface area (Å²) < 4.78 is 27.1. The van der Waals surface area contributed by atoms with Crippen molar-refractivity contribution in [3.05, 3.63) is 59.2 Å². The van der Waals surface area contributed by atoms with E-state index < -0.39 is 10.0 Å². The fourth-order valence-electron chi connectivity index (χ4n) is 4.15. The van der Waals surface area contributed by atoms with Crippen molar-refractivity contribution in [1.82, 2.24) is 29.4 Å². The van der Waals surface area contributed by atoms with Gasteiger partial charge in [-0.2, -0.15) is 5.10 Å². The molecule has 9 nitrogen and oxygen atoms in total. The molecule has 2 aromatic heterocycles. The van der Waals surface area contributed by atoms with Gasteiger partial charge in [0.25, 0.3) is 0 Å². The normalized spacial score (nSPS) is 14.8. The van der Waals surface area contributed by atoms with Crippen molar-refractivity contribution >= 4 is 28.2 Å². The van der Waals surface area contributed by atoms with Gasteiger partial charge >= 0.3 is 0 Å². The van der Waals surface area contributed by atoms with E-state index in [2.05, 4.69) is 43.4 Å². The molecule has 1 saturated heterocycles. The van der Waals surface area contributed by atoms with Crippen LogP contribution in [0.5, 0.6) is 0 Å². The van der Waals surface area contributed by atoms with E-state index in [-0.39, 0.29) is 19.0 Å². The third kappa shape index (κ3) is 6.12. The molecule has 3 heterocycles. The number of halogens is 1. The molecular formula is C23H32ClN7O2S. The second-order valence-corrected chi connectivity index (χ2v) is 10.4. The first kappa shape index (κ1) is 26.1. The van der Waals surface area contributed by atoms with Gasteiger partial charge < -0.3 is 4.90 Å². The van der Waals surface area contributed by atoms with Crippen LogP contribution >= 0.6 is 12.4 Å². The van der Waals surface area contributed by atoms with Gasteiger partial charge in [-0.05, 0) is 19.4 Å². The molecule has 11 heteroatoms. The molecule has 0 amide bonds. The number of nitrogens with zero attached hydrogens (tertiary/aromatic N) is 6. The first-order chi connectivity index (χ1) is 15.7. The maximum absolute atomic E-state index is 11.3. The van der Waals surface area contributed by atoms with Crippen LogP contribution in [0.15, 0.2) is 36.7 Å². The summed E-state index contributed by atoms with van der Waals surface area (Å²) >= 11 is 0. The van der Waals surface area contributed by atoms with Gasteiger partial charge in [-0.15, -0.1) is 12.4 Å². The molecule has 34 heavy (non-hydrogen) atoms. The lowest BCUT2D eigenvalue weighted by molar-refractivity contribution is 0.248. The second kappa shape index (κ2) is 10.8. The Bertz CT molecular complexity index is 1220. The van der Waals surface area contributed by atoms with Crippen molar-refractivity contribution in [2.24, 2.45) is 7.05 Å². The number of rotatable bonds is 7. The lowest BCUT2D eigenvalue weighted by Gasteiger charge is -2.36. The topological polar surface area (TPSA) is 96.2 Å². The van der Waals surface area contributed by atoms with E-state index in [0.29, 0.717) is 0 Å². The molecule has 0 radical (unpaired) electrons. The summed E-state index contributed by atoms with van der Waals surface area (Å²) in [5.41, 5.74) is 6.34. The van der Waals surface area contributed by atoms with Gasteiger partial charge in [0.15, 0.2) is 5.82 Å². The molecule has 3 aromatic rings. The second-order valence-electron chi connectivity index (χ2n) is 8.55. The number of hydrogen-bond donors (Lipinski definition) is 1. The fraction of sp³-hybridized carbons (Fsp3) is 0.435. The van der Waals surface area contributed by atoms with Crippen LogP contribution in [-0.2, 0) is 30.2 Å². The van der Waals surface area contributed by atoms with Crippen LogP contribution in [0.1, 0.15) is 22.5 Å². The van der Waals surface area contributed by atoms with Crippen molar-refractivity contribution in [3.63, 3.8) is 0 Å². The quantitative estimate of drug-likeness (QED) is 0.526. The Morgan fingerprint density at radius 3 is 2.24 bits per heavy atom. The first-order valence-electron chi connectivity index (χ1n) is 11.0. The summed E-state index contributed by atoms with van der Waals surface area (Å²) in [5, 5.41) is 4.54. The highest BCUT2D eigenvalue weighted by atomic mass is 35.5. The standard InChI is InChI=1S/C23H31N7O2S.ClH/c1-17-21(18(2)28(3)27-17)16-29-11-13-30(14-12-29)23-22(24-9-10-25-23)20-7-5-19(6-8-20)15-26-33(4,31)32;/h5-10,26H,11-16H2,1-4H3;1H. The smallest absolute Gasteiger partial charge is 0.209 e. The predicted molar refractivity (Wildman–Crippen MR) is 137 cm³/mol. The Hall–Kier alpha value is -2.53. The SMILES string of the molecule is Cc1nn(C)c(C)c1CN1CCN(c2nccnc2-c2ccc(CNS(C)(=O)=O)cc2)CC1.Cl. The van der Waals surface area contributed by atoms with E-state index in [1.807, 2.05) is 36.0 Å². The third-order valence-electron chi connectivity index (χ3n) is 6.16. The molecule has 1 N–H and O–H groups in total. The maximum Gasteiger partial charge on any atom is 0.209 e. The zero-order valence-corrected chi connectivity index (χ0v) is 21.7. The zero-order chi connectivity index (χ0) is 23.6. The van der Waals surface area contributed by atoms with Crippen LogP contribution in [0.25, 0.3) is 11.3 Å². The largest absolute Gasteiger partial charge is 0.352 e. The molecule has 0 aliphatic carbocycles. The molecule has 0 atom stereocenters. The van der Waals surface area contributed by atoms with Gasteiger partial charge in [0.2, 0.25) is 10.0 Å². The number of hydrogen-bond acceptors (Lipinski definition) is 7. The fourth-order valence-corrected chi connectivity index (χ4v) is 4.58. The number of anilines is 1. The Kier molecular flexibility index (Phi) is 8.29. The number of benzene rings is 1. The van der Waals surface area contributed by atoms with Crippen molar-refractivity contribution < 1.29 is 8.42 Å². The van der Waals surface area contributed by atoms with E-state index in [9.17, 15) is 8.42 Å². The van der Waals surface area contributed by atoms with Crippen molar-refractivity contribution in [2.75, 3.05) is 37.3 Å². The van der Waals surface area contributed by atoms with Crippen LogP contribution in [0.3, 0.4) is 0 Å². The minimum atomic E-state index is -3.22. The van der Waals surface area contributed by atoms with E-state index in [1.165, 1.54) is 11.3 Å². The molecule has 1 aliphatic heterocycles. The lowest BCUT2D eigenvalue weighted by Crippen LogP contribution is -2.46. The van der Waals surface area contributed by atoms with E-state index in [1.54, 1.807) is 12.4 Å². The van der Waals surface area contributed by atoms with E-state index in [4.69, 9.17) is 0 Å². The molecule has 0 spiro atoms. The minimum absolute atomic E-state index is 0. The molecule has 1 aliphatic rings. The van der Waals surface area contributed by atoms with Gasteiger partial charge in [0, 0.05) is 75.5 Å². The van der Waals surface area contributed by atoms with Crippen LogP contribution in [0, 0.1) is 13.8 Å². The lowest BCUT2D eigenvalue weighted by atomic mass is 10.1. The highest BCUT2D eigenvalue weighted by Gasteiger charge is 2.23. The highest BCUT2D eigenvalue weighted by Crippen LogP contribution is 2.28. The molecule has 1 aromatic carbocycles. The molecule has 4 rings (SSSR count). The number of aromatic nitrogens is 4. The van der Waals surface area contributed by atoms with E-state index >= 15 is 0 Å². The van der Waals surface area contributed by atoms with Crippen LogP contribution in [0.4, 0.5) is 5.82 Å². The van der Waals surface area contributed by atoms with Crippen molar-refractivity contribution in [2.45, 2.75) is 26.9 Å². The molecule has 0 unspecified atom stereocenters. The van der Waals surface area contributed by atoms with Gasteiger partial charge in [-0.3, -0.25) is 14.6 Å². The van der Waals surface area contributed by atoms with Crippen LogP contribution in [-0.4, -0.2) is 65.5 Å². The van der Waals surface area contributed by atoms with Crippen LogP contribution < -0.4 is 9.62 Å². The van der Waals surface area contributed by atoms with Crippen molar-refractivity contribution in [3.8, 4) is 11.3 Å². The summed E-state index contributed by atoms with van der Waals surface area (Å²) in [6, 6.07) is 7.78. The molecule has 0 bridgehead atoms. The first-order valence-corrected chi connectivity index (χ1v) is 12.9. The molecule has 184 valence electrons. The monoisotopic (exact) mass is 505 g/mol. The Labute approximate surface area is 207 Å².